The highest BCUT2D eigenvalue weighted by Crippen LogP contribution is 2.11. The summed E-state index contributed by atoms with van der Waals surface area (Å²) in [7, 11) is 1.65. The van der Waals surface area contributed by atoms with Crippen molar-refractivity contribution in [3.63, 3.8) is 0 Å². The van der Waals surface area contributed by atoms with E-state index < -0.39 is 0 Å². The Kier molecular flexibility index (Phi) is 5.76. The molecule has 0 aliphatic carbocycles. The van der Waals surface area contributed by atoms with Crippen molar-refractivity contribution in [2.45, 2.75) is 26.4 Å². The van der Waals surface area contributed by atoms with Gasteiger partial charge in [0, 0.05) is 25.3 Å². The third-order valence-electron chi connectivity index (χ3n) is 2.89. The van der Waals surface area contributed by atoms with Crippen LogP contribution in [0.3, 0.4) is 0 Å². The van der Waals surface area contributed by atoms with Crippen LogP contribution in [0.15, 0.2) is 18.2 Å². The average Bonchev–Trinajstić information content (AvgIpc) is 2.35. The van der Waals surface area contributed by atoms with Gasteiger partial charge in [-0.25, -0.2) is 4.39 Å². The van der Waals surface area contributed by atoms with Gasteiger partial charge in [-0.2, -0.15) is 5.26 Å². The Bertz CT molecular complexity index is 426. The van der Waals surface area contributed by atoms with E-state index in [0.29, 0.717) is 30.2 Å². The molecule has 0 aliphatic rings. The van der Waals surface area contributed by atoms with Gasteiger partial charge >= 0.3 is 0 Å². The zero-order chi connectivity index (χ0) is 13.5. The predicted octanol–water partition coefficient (Wildman–Crippen LogP) is 2.46. The van der Waals surface area contributed by atoms with Crippen molar-refractivity contribution in [2.24, 2.45) is 5.92 Å². The third-order valence-corrected chi connectivity index (χ3v) is 2.89. The van der Waals surface area contributed by atoms with E-state index in [1.165, 1.54) is 6.07 Å². The first-order valence-electron chi connectivity index (χ1n) is 5.99. The van der Waals surface area contributed by atoms with Gasteiger partial charge in [-0.05, 0) is 18.1 Å². The monoisotopic (exact) mass is 250 g/mol. The molecule has 1 aromatic rings. The van der Waals surface area contributed by atoms with E-state index in [2.05, 4.69) is 19.2 Å². The zero-order valence-electron chi connectivity index (χ0n) is 11.0. The molecule has 1 aromatic carbocycles. The lowest BCUT2D eigenvalue weighted by atomic mass is 10.0. The first kappa shape index (κ1) is 14.6. The van der Waals surface area contributed by atoms with Gasteiger partial charge < -0.3 is 10.1 Å². The van der Waals surface area contributed by atoms with E-state index in [1.807, 2.05) is 6.07 Å². The van der Waals surface area contributed by atoms with Crippen LogP contribution in [0.2, 0.25) is 0 Å². The van der Waals surface area contributed by atoms with Gasteiger partial charge in [0.15, 0.2) is 0 Å². The van der Waals surface area contributed by atoms with Gasteiger partial charge in [-0.1, -0.05) is 19.9 Å². The van der Waals surface area contributed by atoms with E-state index in [1.54, 1.807) is 19.2 Å². The molecule has 0 bridgehead atoms. The van der Waals surface area contributed by atoms with Crippen LogP contribution < -0.4 is 5.32 Å². The van der Waals surface area contributed by atoms with Gasteiger partial charge in [-0.15, -0.1) is 0 Å². The number of ether oxygens (including phenoxy) is 1. The standard InChI is InChI=1S/C14H19FN2O/c1-10(2)14(9-18-3)17-8-12-5-4-11(7-16)6-13(12)15/h4-6,10,14,17H,8-9H2,1-3H3. The smallest absolute Gasteiger partial charge is 0.129 e. The number of nitriles is 1. The minimum atomic E-state index is -0.346. The van der Waals surface area contributed by atoms with Gasteiger partial charge in [0.25, 0.3) is 0 Å². The fourth-order valence-electron chi connectivity index (χ4n) is 1.67. The molecular weight excluding hydrogens is 231 g/mol. The molecule has 0 radical (unpaired) electrons. The summed E-state index contributed by atoms with van der Waals surface area (Å²) in [6.07, 6.45) is 0. The second-order valence-corrected chi connectivity index (χ2v) is 4.60. The second-order valence-electron chi connectivity index (χ2n) is 4.60. The molecule has 1 N–H and O–H groups in total. The molecule has 3 nitrogen and oxygen atoms in total. The molecule has 0 fully saturated rings. The molecule has 0 saturated carbocycles. The Morgan fingerprint density at radius 2 is 2.17 bits per heavy atom. The van der Waals surface area contributed by atoms with Crippen LogP contribution in [0.4, 0.5) is 4.39 Å². The fraction of sp³-hybridized carbons (Fsp3) is 0.500. The highest BCUT2D eigenvalue weighted by atomic mass is 19.1. The number of benzene rings is 1. The number of hydrogen-bond acceptors (Lipinski definition) is 3. The molecule has 0 amide bonds. The van der Waals surface area contributed by atoms with E-state index in [-0.39, 0.29) is 11.9 Å². The van der Waals surface area contributed by atoms with Crippen LogP contribution in [-0.4, -0.2) is 19.8 Å². The summed E-state index contributed by atoms with van der Waals surface area (Å²) in [5.74, 6) is 0.0628. The van der Waals surface area contributed by atoms with E-state index in [9.17, 15) is 4.39 Å². The first-order chi connectivity index (χ1) is 8.58. The summed E-state index contributed by atoms with van der Waals surface area (Å²) in [5, 5.41) is 11.9. The highest BCUT2D eigenvalue weighted by Gasteiger charge is 2.13. The Hall–Kier alpha value is -1.44. The highest BCUT2D eigenvalue weighted by molar-refractivity contribution is 5.32. The molecule has 0 aliphatic heterocycles. The minimum Gasteiger partial charge on any atom is -0.383 e. The Balaban J connectivity index is 2.65. The van der Waals surface area contributed by atoms with Crippen molar-refractivity contribution in [3.8, 4) is 6.07 Å². The average molecular weight is 250 g/mol. The van der Waals surface area contributed by atoms with Crippen molar-refractivity contribution in [1.82, 2.24) is 5.32 Å². The molecule has 4 heteroatoms. The minimum absolute atomic E-state index is 0.185. The lowest BCUT2D eigenvalue weighted by Gasteiger charge is -2.21. The molecular formula is C14H19FN2O. The number of halogens is 1. The Morgan fingerprint density at radius 3 is 2.67 bits per heavy atom. The Labute approximate surface area is 108 Å². The lowest BCUT2D eigenvalue weighted by molar-refractivity contribution is 0.146. The van der Waals surface area contributed by atoms with E-state index in [4.69, 9.17) is 10.00 Å². The molecule has 1 rings (SSSR count). The summed E-state index contributed by atoms with van der Waals surface area (Å²) in [5.41, 5.74) is 0.907. The summed E-state index contributed by atoms with van der Waals surface area (Å²) in [6.45, 7) is 5.21. The molecule has 0 spiro atoms. The molecule has 98 valence electrons. The molecule has 0 saturated heterocycles. The van der Waals surface area contributed by atoms with Crippen LogP contribution in [0.5, 0.6) is 0 Å². The maximum atomic E-state index is 13.7. The normalized spacial score (nSPS) is 12.4. The predicted molar refractivity (Wildman–Crippen MR) is 68.5 cm³/mol. The SMILES string of the molecule is COCC(NCc1ccc(C#N)cc1F)C(C)C. The Morgan fingerprint density at radius 1 is 1.44 bits per heavy atom. The van der Waals surface area contributed by atoms with Gasteiger partial charge in [-0.3, -0.25) is 0 Å². The quantitative estimate of drug-likeness (QED) is 0.843. The van der Waals surface area contributed by atoms with Crippen LogP contribution in [0.1, 0.15) is 25.0 Å². The molecule has 1 unspecified atom stereocenters. The molecule has 0 heterocycles. The van der Waals surface area contributed by atoms with Gasteiger partial charge in [0.05, 0.1) is 18.2 Å². The summed E-state index contributed by atoms with van der Waals surface area (Å²) in [4.78, 5) is 0. The number of nitrogens with one attached hydrogen (secondary N) is 1. The zero-order valence-corrected chi connectivity index (χ0v) is 11.0. The van der Waals surface area contributed by atoms with Crippen molar-refractivity contribution < 1.29 is 9.13 Å². The largest absolute Gasteiger partial charge is 0.383 e. The number of rotatable bonds is 6. The maximum Gasteiger partial charge on any atom is 0.129 e. The van der Waals surface area contributed by atoms with Crippen molar-refractivity contribution in [3.05, 3.63) is 35.1 Å². The number of hydrogen-bond donors (Lipinski definition) is 1. The lowest BCUT2D eigenvalue weighted by Crippen LogP contribution is -2.37. The summed E-state index contributed by atoms with van der Waals surface area (Å²) in [6, 6.07) is 6.63. The summed E-state index contributed by atoms with van der Waals surface area (Å²) >= 11 is 0. The second kappa shape index (κ2) is 7.10. The van der Waals surface area contributed by atoms with Crippen LogP contribution >= 0.6 is 0 Å². The van der Waals surface area contributed by atoms with Crippen LogP contribution in [-0.2, 0) is 11.3 Å². The molecule has 0 aromatic heterocycles. The van der Waals surface area contributed by atoms with Gasteiger partial charge in [0.1, 0.15) is 5.82 Å². The fourth-order valence-corrected chi connectivity index (χ4v) is 1.67. The molecule has 18 heavy (non-hydrogen) atoms. The van der Waals surface area contributed by atoms with Crippen molar-refractivity contribution in [2.75, 3.05) is 13.7 Å². The van der Waals surface area contributed by atoms with E-state index >= 15 is 0 Å². The third kappa shape index (κ3) is 4.10. The van der Waals surface area contributed by atoms with Crippen LogP contribution in [0, 0.1) is 23.1 Å². The summed E-state index contributed by atoms with van der Waals surface area (Å²) < 4.78 is 18.8. The van der Waals surface area contributed by atoms with Crippen molar-refractivity contribution in [1.29, 1.82) is 5.26 Å². The first-order valence-corrected chi connectivity index (χ1v) is 5.99. The van der Waals surface area contributed by atoms with Crippen LogP contribution in [0.25, 0.3) is 0 Å². The molecule has 1 atom stereocenters. The number of methoxy groups -OCH3 is 1. The number of nitrogens with zero attached hydrogens (tertiary/aromatic N) is 1. The van der Waals surface area contributed by atoms with Crippen molar-refractivity contribution >= 4 is 0 Å². The van der Waals surface area contributed by atoms with E-state index in [0.717, 1.165) is 0 Å². The van der Waals surface area contributed by atoms with Gasteiger partial charge in [0.2, 0.25) is 0 Å². The topological polar surface area (TPSA) is 45.0 Å². The maximum absolute atomic E-state index is 13.7.